The fraction of sp³-hybridized carbons (Fsp3) is 0.167. The molecule has 2 rings (SSSR count). The normalized spacial score (nSPS) is 14.5. The lowest BCUT2D eigenvalue weighted by molar-refractivity contribution is -0.131. The number of nitrogens with zero attached hydrogens (tertiary/aromatic N) is 1. The summed E-state index contributed by atoms with van der Waals surface area (Å²) in [5.74, 6) is -0.623. The Morgan fingerprint density at radius 2 is 2.33 bits per heavy atom. The summed E-state index contributed by atoms with van der Waals surface area (Å²) in [5.41, 5.74) is 0.635. The van der Waals surface area contributed by atoms with Crippen LogP contribution in [0.15, 0.2) is 34.8 Å². The first-order chi connectivity index (χ1) is 8.58. The summed E-state index contributed by atoms with van der Waals surface area (Å²) in [4.78, 5) is 23.6. The molecular weight excluding hydrogens is 302 g/mol. The molecule has 1 aliphatic rings. The van der Waals surface area contributed by atoms with Crippen molar-refractivity contribution in [1.29, 1.82) is 0 Å². The average Bonchev–Trinajstić information content (AvgIpc) is 2.31. The highest BCUT2D eigenvalue weighted by atomic mass is 79.9. The van der Waals surface area contributed by atoms with Gasteiger partial charge in [0.2, 0.25) is 0 Å². The summed E-state index contributed by atoms with van der Waals surface area (Å²) < 4.78 is 6.12. The zero-order chi connectivity index (χ0) is 13.1. The summed E-state index contributed by atoms with van der Waals surface area (Å²) in [7, 11) is 0. The van der Waals surface area contributed by atoms with Gasteiger partial charge < -0.3 is 14.7 Å². The molecule has 0 fully saturated rings. The molecular formula is C12H10BrNO4. The van der Waals surface area contributed by atoms with Crippen molar-refractivity contribution in [3.8, 4) is 5.75 Å². The number of carbonyl (C=O) groups excluding carboxylic acids is 1. The molecule has 18 heavy (non-hydrogen) atoms. The third-order valence-electron chi connectivity index (χ3n) is 2.41. The zero-order valence-electron chi connectivity index (χ0n) is 9.30. The quantitative estimate of drug-likeness (QED) is 0.865. The number of ether oxygens (including phenoxy) is 1. The number of carboxylic acids is 1. The Kier molecular flexibility index (Phi) is 3.66. The van der Waals surface area contributed by atoms with Crippen molar-refractivity contribution in [2.24, 2.45) is 0 Å². The molecule has 1 aromatic carbocycles. The van der Waals surface area contributed by atoms with E-state index in [0.29, 0.717) is 11.4 Å². The van der Waals surface area contributed by atoms with Crippen LogP contribution in [0.25, 0.3) is 0 Å². The summed E-state index contributed by atoms with van der Waals surface area (Å²) >= 11 is 3.32. The summed E-state index contributed by atoms with van der Waals surface area (Å²) in [5, 5.41) is 8.53. The van der Waals surface area contributed by atoms with Gasteiger partial charge in [-0.15, -0.1) is 0 Å². The van der Waals surface area contributed by atoms with E-state index in [9.17, 15) is 9.59 Å². The standard InChI is InChI=1S/C12H10BrNO4/c13-8-3-4-10-9(6-8)14(11(15)7-18-10)5-1-2-12(16)17/h1-4,6H,5,7H2,(H,16,17). The molecule has 1 aromatic rings. The lowest BCUT2D eigenvalue weighted by Crippen LogP contribution is -2.38. The third kappa shape index (κ3) is 2.70. The number of amides is 1. The number of rotatable bonds is 3. The SMILES string of the molecule is O=C(O)C=CCN1C(=O)COc2ccc(Br)cc21. The van der Waals surface area contributed by atoms with Crippen LogP contribution in [0.1, 0.15) is 0 Å². The number of carbonyl (C=O) groups is 2. The minimum Gasteiger partial charge on any atom is -0.482 e. The Morgan fingerprint density at radius 1 is 1.56 bits per heavy atom. The molecule has 0 unspecified atom stereocenters. The van der Waals surface area contributed by atoms with Crippen LogP contribution in [-0.4, -0.2) is 30.1 Å². The maximum absolute atomic E-state index is 11.7. The first kappa shape index (κ1) is 12.6. The van der Waals surface area contributed by atoms with Gasteiger partial charge >= 0.3 is 5.97 Å². The van der Waals surface area contributed by atoms with E-state index in [-0.39, 0.29) is 19.1 Å². The van der Waals surface area contributed by atoms with Crippen molar-refractivity contribution >= 4 is 33.5 Å². The number of carboxylic acid groups (broad SMARTS) is 1. The molecule has 94 valence electrons. The van der Waals surface area contributed by atoms with Crippen LogP contribution < -0.4 is 9.64 Å². The Morgan fingerprint density at radius 3 is 3.06 bits per heavy atom. The molecule has 0 bridgehead atoms. The van der Waals surface area contributed by atoms with E-state index in [1.54, 1.807) is 12.1 Å². The highest BCUT2D eigenvalue weighted by Crippen LogP contribution is 2.34. The highest BCUT2D eigenvalue weighted by molar-refractivity contribution is 9.10. The fourth-order valence-electron chi connectivity index (χ4n) is 1.63. The molecule has 6 heteroatoms. The lowest BCUT2D eigenvalue weighted by Gasteiger charge is -2.28. The first-order valence-corrected chi connectivity index (χ1v) is 5.99. The lowest BCUT2D eigenvalue weighted by atomic mass is 10.2. The summed E-state index contributed by atoms with van der Waals surface area (Å²) in [6.07, 6.45) is 2.44. The maximum Gasteiger partial charge on any atom is 0.328 e. The summed E-state index contributed by atoms with van der Waals surface area (Å²) in [6, 6.07) is 5.35. The van der Waals surface area contributed by atoms with Gasteiger partial charge in [0.1, 0.15) is 5.75 Å². The van der Waals surface area contributed by atoms with Crippen molar-refractivity contribution in [3.05, 3.63) is 34.8 Å². The smallest absolute Gasteiger partial charge is 0.328 e. The van der Waals surface area contributed by atoms with Gasteiger partial charge in [0.05, 0.1) is 5.69 Å². The Bertz CT molecular complexity index is 527. The Balaban J connectivity index is 2.27. The van der Waals surface area contributed by atoms with Crippen LogP contribution in [0, 0.1) is 0 Å². The molecule has 0 radical (unpaired) electrons. The van der Waals surface area contributed by atoms with Gasteiger partial charge in [-0.1, -0.05) is 22.0 Å². The van der Waals surface area contributed by atoms with Crippen molar-refractivity contribution < 1.29 is 19.4 Å². The molecule has 0 saturated heterocycles. The van der Waals surface area contributed by atoms with Crippen molar-refractivity contribution in [2.45, 2.75) is 0 Å². The maximum atomic E-state index is 11.7. The van der Waals surface area contributed by atoms with Gasteiger partial charge in [-0.3, -0.25) is 4.79 Å². The molecule has 1 heterocycles. The third-order valence-corrected chi connectivity index (χ3v) is 2.91. The van der Waals surface area contributed by atoms with Crippen molar-refractivity contribution in [1.82, 2.24) is 0 Å². The van der Waals surface area contributed by atoms with Gasteiger partial charge in [-0.2, -0.15) is 0 Å². The Hall–Kier alpha value is -1.82. The zero-order valence-corrected chi connectivity index (χ0v) is 10.9. The monoisotopic (exact) mass is 311 g/mol. The second-order valence-corrected chi connectivity index (χ2v) is 4.56. The van der Waals surface area contributed by atoms with E-state index in [0.717, 1.165) is 10.5 Å². The second-order valence-electron chi connectivity index (χ2n) is 3.65. The minimum atomic E-state index is -1.04. The largest absolute Gasteiger partial charge is 0.482 e. The molecule has 1 aliphatic heterocycles. The molecule has 0 saturated carbocycles. The van der Waals surface area contributed by atoms with Crippen LogP contribution in [0.4, 0.5) is 5.69 Å². The summed E-state index contributed by atoms with van der Waals surface area (Å²) in [6.45, 7) is 0.174. The molecule has 0 aromatic heterocycles. The van der Waals surface area contributed by atoms with Gasteiger partial charge in [0.25, 0.3) is 5.91 Å². The topological polar surface area (TPSA) is 66.8 Å². The van der Waals surface area contributed by atoms with Gasteiger partial charge in [0.15, 0.2) is 6.61 Å². The molecule has 0 atom stereocenters. The average molecular weight is 312 g/mol. The Labute approximate surface area is 112 Å². The fourth-order valence-corrected chi connectivity index (χ4v) is 1.98. The highest BCUT2D eigenvalue weighted by Gasteiger charge is 2.24. The van der Waals surface area contributed by atoms with Crippen LogP contribution in [0.3, 0.4) is 0 Å². The number of fused-ring (bicyclic) bond motifs is 1. The first-order valence-electron chi connectivity index (χ1n) is 5.20. The van der Waals surface area contributed by atoms with E-state index in [1.807, 2.05) is 6.07 Å². The van der Waals surface area contributed by atoms with Crippen LogP contribution in [-0.2, 0) is 9.59 Å². The number of benzene rings is 1. The van der Waals surface area contributed by atoms with E-state index >= 15 is 0 Å². The molecule has 0 spiro atoms. The van der Waals surface area contributed by atoms with Crippen LogP contribution in [0.5, 0.6) is 5.75 Å². The molecule has 0 aliphatic carbocycles. The van der Waals surface area contributed by atoms with E-state index in [2.05, 4.69) is 15.9 Å². The van der Waals surface area contributed by atoms with E-state index in [4.69, 9.17) is 9.84 Å². The predicted octanol–water partition coefficient (Wildman–Crippen LogP) is 1.82. The van der Waals surface area contributed by atoms with Crippen LogP contribution >= 0.6 is 15.9 Å². The number of aliphatic carboxylic acids is 1. The second kappa shape index (κ2) is 5.22. The van der Waals surface area contributed by atoms with E-state index in [1.165, 1.54) is 11.0 Å². The minimum absolute atomic E-state index is 0.0322. The van der Waals surface area contributed by atoms with Gasteiger partial charge in [-0.05, 0) is 18.2 Å². The van der Waals surface area contributed by atoms with Gasteiger partial charge in [-0.25, -0.2) is 4.79 Å². The molecule has 1 amide bonds. The predicted molar refractivity (Wildman–Crippen MR) is 68.8 cm³/mol. The molecule has 1 N–H and O–H groups in total. The van der Waals surface area contributed by atoms with Crippen molar-refractivity contribution in [3.63, 3.8) is 0 Å². The van der Waals surface area contributed by atoms with Crippen molar-refractivity contribution in [2.75, 3.05) is 18.1 Å². The number of anilines is 1. The number of hydrogen-bond acceptors (Lipinski definition) is 3. The van der Waals surface area contributed by atoms with E-state index < -0.39 is 5.97 Å². The molecule has 5 nitrogen and oxygen atoms in total. The number of hydrogen-bond donors (Lipinski definition) is 1. The number of halogens is 1. The van der Waals surface area contributed by atoms with Crippen LogP contribution in [0.2, 0.25) is 0 Å². The van der Waals surface area contributed by atoms with Gasteiger partial charge in [0, 0.05) is 17.1 Å².